The van der Waals surface area contributed by atoms with E-state index in [0.29, 0.717) is 0 Å². The van der Waals surface area contributed by atoms with E-state index in [1.54, 1.807) is 0 Å². The zero-order valence-electron chi connectivity index (χ0n) is 11.3. The van der Waals surface area contributed by atoms with Crippen LogP contribution in [0.15, 0.2) is 30.3 Å². The Hall–Kier alpha value is -1.74. The first-order chi connectivity index (χ1) is 9.36. The summed E-state index contributed by atoms with van der Waals surface area (Å²) >= 11 is 0. The van der Waals surface area contributed by atoms with Gasteiger partial charge in [-0.15, -0.1) is 0 Å². The van der Waals surface area contributed by atoms with Crippen molar-refractivity contribution in [3.8, 4) is 0 Å². The number of rotatable bonds is 3. The highest BCUT2D eigenvalue weighted by Gasteiger charge is 2.16. The molecule has 98 valence electrons. The molecule has 1 aliphatic rings. The fraction of sp³-hybridized carbons (Fsp3) is 0.375. The fourth-order valence-electron chi connectivity index (χ4n) is 2.62. The maximum atomic E-state index is 4.77. The summed E-state index contributed by atoms with van der Waals surface area (Å²) in [5, 5.41) is 3.40. The van der Waals surface area contributed by atoms with Crippen LogP contribution in [0.25, 0.3) is 0 Å². The first-order valence-electron chi connectivity index (χ1n) is 6.99. The van der Waals surface area contributed by atoms with Crippen LogP contribution in [-0.2, 0) is 25.8 Å². The zero-order chi connectivity index (χ0) is 13.1. The summed E-state index contributed by atoms with van der Waals surface area (Å²) in [7, 11) is 0. The molecule has 3 heteroatoms. The molecule has 3 rings (SSSR count). The molecule has 1 aromatic carbocycles. The largest absolute Gasteiger partial charge is 0.312 e. The van der Waals surface area contributed by atoms with Crippen LogP contribution in [0.5, 0.6) is 0 Å². The smallest absolute Gasteiger partial charge is 0.133 e. The van der Waals surface area contributed by atoms with Gasteiger partial charge >= 0.3 is 0 Å². The Morgan fingerprint density at radius 1 is 1.16 bits per heavy atom. The normalized spacial score (nSPS) is 14.2. The standard InChI is InChI=1S/C16H19N3/c1-2-14-13-11-17-9-8-15(13)19-16(18-14)10-12-6-4-3-5-7-12/h3-7,17H,2,8-11H2,1H3. The van der Waals surface area contributed by atoms with Crippen molar-refractivity contribution in [3.63, 3.8) is 0 Å². The molecule has 1 aliphatic heterocycles. The van der Waals surface area contributed by atoms with E-state index in [1.165, 1.54) is 22.5 Å². The summed E-state index contributed by atoms with van der Waals surface area (Å²) in [4.78, 5) is 9.51. The van der Waals surface area contributed by atoms with E-state index in [9.17, 15) is 0 Å². The predicted octanol–water partition coefficient (Wildman–Crippen LogP) is 2.28. The van der Waals surface area contributed by atoms with Crippen molar-refractivity contribution in [2.24, 2.45) is 0 Å². The summed E-state index contributed by atoms with van der Waals surface area (Å²) in [6.07, 6.45) is 2.83. The van der Waals surface area contributed by atoms with E-state index in [-0.39, 0.29) is 0 Å². The van der Waals surface area contributed by atoms with Gasteiger partial charge in [0.2, 0.25) is 0 Å². The van der Waals surface area contributed by atoms with Gasteiger partial charge in [0.25, 0.3) is 0 Å². The Balaban J connectivity index is 1.94. The molecule has 2 heterocycles. The molecule has 19 heavy (non-hydrogen) atoms. The molecule has 0 unspecified atom stereocenters. The minimum atomic E-state index is 0.828. The number of benzene rings is 1. The van der Waals surface area contributed by atoms with Crippen LogP contribution >= 0.6 is 0 Å². The molecule has 0 radical (unpaired) electrons. The molecule has 1 N–H and O–H groups in total. The topological polar surface area (TPSA) is 37.8 Å². The van der Waals surface area contributed by atoms with Gasteiger partial charge < -0.3 is 5.32 Å². The van der Waals surface area contributed by atoms with Crippen molar-refractivity contribution in [2.75, 3.05) is 6.54 Å². The maximum absolute atomic E-state index is 4.77. The number of nitrogens with zero attached hydrogens (tertiary/aromatic N) is 2. The Kier molecular flexibility index (Phi) is 3.56. The summed E-state index contributed by atoms with van der Waals surface area (Å²) in [5.74, 6) is 0.962. The van der Waals surface area contributed by atoms with Crippen molar-refractivity contribution in [2.45, 2.75) is 32.7 Å². The zero-order valence-corrected chi connectivity index (χ0v) is 11.3. The molecule has 0 spiro atoms. The number of fused-ring (bicyclic) bond motifs is 1. The third-order valence-corrected chi connectivity index (χ3v) is 3.61. The van der Waals surface area contributed by atoms with Crippen LogP contribution in [0.4, 0.5) is 0 Å². The Bertz CT molecular complexity index is 546. The monoisotopic (exact) mass is 253 g/mol. The van der Waals surface area contributed by atoms with Gasteiger partial charge in [-0.05, 0) is 12.0 Å². The molecular weight excluding hydrogens is 234 g/mol. The van der Waals surface area contributed by atoms with Crippen molar-refractivity contribution in [1.29, 1.82) is 0 Å². The average Bonchev–Trinajstić information content (AvgIpc) is 2.47. The lowest BCUT2D eigenvalue weighted by atomic mass is 10.0. The first kappa shape index (κ1) is 12.3. The van der Waals surface area contributed by atoms with Crippen LogP contribution in [0.3, 0.4) is 0 Å². The van der Waals surface area contributed by atoms with Gasteiger partial charge in [-0.1, -0.05) is 37.3 Å². The predicted molar refractivity (Wildman–Crippen MR) is 76.1 cm³/mol. The van der Waals surface area contributed by atoms with Gasteiger partial charge in [0.05, 0.1) is 5.69 Å². The summed E-state index contributed by atoms with van der Waals surface area (Å²) in [5.41, 5.74) is 5.06. The second-order valence-corrected chi connectivity index (χ2v) is 4.95. The molecule has 2 aromatic rings. The van der Waals surface area contributed by atoms with E-state index >= 15 is 0 Å². The number of hydrogen-bond acceptors (Lipinski definition) is 3. The van der Waals surface area contributed by atoms with Crippen molar-refractivity contribution in [1.82, 2.24) is 15.3 Å². The summed E-state index contributed by atoms with van der Waals surface area (Å²) < 4.78 is 0. The van der Waals surface area contributed by atoms with E-state index < -0.39 is 0 Å². The van der Waals surface area contributed by atoms with Gasteiger partial charge in [0.1, 0.15) is 5.82 Å². The second kappa shape index (κ2) is 5.49. The average molecular weight is 253 g/mol. The van der Waals surface area contributed by atoms with E-state index in [1.807, 2.05) is 6.07 Å². The molecule has 0 atom stereocenters. The lowest BCUT2D eigenvalue weighted by Crippen LogP contribution is -2.27. The van der Waals surface area contributed by atoms with E-state index in [0.717, 1.165) is 38.2 Å². The quantitative estimate of drug-likeness (QED) is 0.912. The highest BCUT2D eigenvalue weighted by Crippen LogP contribution is 2.17. The second-order valence-electron chi connectivity index (χ2n) is 4.95. The Morgan fingerprint density at radius 2 is 2.00 bits per heavy atom. The number of nitrogens with one attached hydrogen (secondary N) is 1. The van der Waals surface area contributed by atoms with Gasteiger partial charge in [-0.2, -0.15) is 0 Å². The molecule has 0 amide bonds. The Morgan fingerprint density at radius 3 is 2.79 bits per heavy atom. The molecule has 0 saturated heterocycles. The first-order valence-corrected chi connectivity index (χ1v) is 6.99. The SMILES string of the molecule is CCc1nc(Cc2ccccc2)nc2c1CNCC2. The minimum Gasteiger partial charge on any atom is -0.312 e. The van der Waals surface area contributed by atoms with Crippen LogP contribution in [0.2, 0.25) is 0 Å². The van der Waals surface area contributed by atoms with Gasteiger partial charge in [0.15, 0.2) is 0 Å². The Labute approximate surface area is 114 Å². The number of aryl methyl sites for hydroxylation is 1. The highest BCUT2D eigenvalue weighted by molar-refractivity contribution is 5.30. The van der Waals surface area contributed by atoms with E-state index in [4.69, 9.17) is 9.97 Å². The molecule has 0 fully saturated rings. The fourth-order valence-corrected chi connectivity index (χ4v) is 2.62. The van der Waals surface area contributed by atoms with Crippen LogP contribution in [-0.4, -0.2) is 16.5 Å². The molecular formula is C16H19N3. The van der Waals surface area contributed by atoms with Crippen LogP contribution in [0.1, 0.15) is 35.3 Å². The van der Waals surface area contributed by atoms with Gasteiger partial charge in [-0.25, -0.2) is 9.97 Å². The lowest BCUT2D eigenvalue weighted by molar-refractivity contribution is 0.611. The lowest BCUT2D eigenvalue weighted by Gasteiger charge is -2.19. The molecule has 0 bridgehead atoms. The van der Waals surface area contributed by atoms with Gasteiger partial charge in [0, 0.05) is 37.2 Å². The summed E-state index contributed by atoms with van der Waals surface area (Å²) in [6, 6.07) is 10.4. The minimum absolute atomic E-state index is 0.828. The molecule has 3 nitrogen and oxygen atoms in total. The number of hydrogen-bond donors (Lipinski definition) is 1. The van der Waals surface area contributed by atoms with Crippen molar-refractivity contribution >= 4 is 0 Å². The van der Waals surface area contributed by atoms with Crippen molar-refractivity contribution in [3.05, 3.63) is 58.7 Å². The maximum Gasteiger partial charge on any atom is 0.133 e. The van der Waals surface area contributed by atoms with Crippen LogP contribution < -0.4 is 5.32 Å². The van der Waals surface area contributed by atoms with Crippen LogP contribution in [0, 0.1) is 0 Å². The van der Waals surface area contributed by atoms with E-state index in [2.05, 4.69) is 36.5 Å². The van der Waals surface area contributed by atoms with Crippen molar-refractivity contribution < 1.29 is 0 Å². The third-order valence-electron chi connectivity index (χ3n) is 3.61. The molecule has 0 aliphatic carbocycles. The molecule has 0 saturated carbocycles. The highest BCUT2D eigenvalue weighted by atomic mass is 14.9. The number of aromatic nitrogens is 2. The summed E-state index contributed by atoms with van der Waals surface area (Å²) in [6.45, 7) is 4.12. The third kappa shape index (κ3) is 2.66. The molecule has 1 aromatic heterocycles. The van der Waals surface area contributed by atoms with Gasteiger partial charge in [-0.3, -0.25) is 0 Å².